The van der Waals surface area contributed by atoms with Gasteiger partial charge in [-0.05, 0) is 0 Å². The molecule has 1 aromatic rings. The average molecular weight is 248 g/mol. The Kier molecular flexibility index (Phi) is 2.69. The minimum absolute atomic E-state index is 0.300. The molecule has 0 aliphatic rings. The van der Waals surface area contributed by atoms with Crippen molar-refractivity contribution in [2.45, 2.75) is 26.2 Å². The molecular weight excluding hydrogens is 235 g/mol. The van der Waals surface area contributed by atoms with Crippen LogP contribution in [0, 0.1) is 0 Å². The molecule has 0 aromatic heterocycles. The molecule has 1 rings (SSSR count). The van der Waals surface area contributed by atoms with Crippen LogP contribution in [0.3, 0.4) is 0 Å². The van der Waals surface area contributed by atoms with Crippen molar-refractivity contribution in [3.63, 3.8) is 0 Å². The van der Waals surface area contributed by atoms with Crippen LogP contribution in [0.1, 0.15) is 26.3 Å². The quantitative estimate of drug-likeness (QED) is 0.656. The topological polar surface area (TPSA) is 0 Å². The molecule has 56 valence electrons. The zero-order chi connectivity index (χ0) is 8.48. The zero-order valence-electron chi connectivity index (χ0n) is 7.39. The maximum absolute atomic E-state index is 2.24. The van der Waals surface area contributed by atoms with Crippen LogP contribution in [0.4, 0.5) is 0 Å². The minimum atomic E-state index is 0.300. The van der Waals surface area contributed by atoms with Crippen molar-refractivity contribution in [3.8, 4) is 0 Å². The summed E-state index contributed by atoms with van der Waals surface area (Å²) in [6.07, 6.45) is 0. The Balaban J connectivity index is 2.99. The van der Waals surface area contributed by atoms with Crippen LogP contribution in [0.15, 0.2) is 24.3 Å². The van der Waals surface area contributed by atoms with Crippen LogP contribution in [0.25, 0.3) is 0 Å². The van der Waals surface area contributed by atoms with Gasteiger partial charge in [-0.3, -0.25) is 0 Å². The van der Waals surface area contributed by atoms with Crippen molar-refractivity contribution >= 4 is 27.7 Å². The summed E-state index contributed by atoms with van der Waals surface area (Å²) in [4.78, 5) is 0. The van der Waals surface area contributed by atoms with Crippen LogP contribution in [-0.2, 0) is 5.41 Å². The number of hydrogen-bond acceptors (Lipinski definition) is 0. The van der Waals surface area contributed by atoms with E-state index < -0.39 is 0 Å². The summed E-state index contributed by atoms with van der Waals surface area (Å²) in [6.45, 7) is 6.73. The van der Waals surface area contributed by atoms with Crippen LogP contribution in [0.2, 0.25) is 0 Å². The monoisotopic (exact) mass is 248 g/mol. The number of rotatable bonds is 0. The van der Waals surface area contributed by atoms with Crippen molar-refractivity contribution < 1.29 is 0 Å². The van der Waals surface area contributed by atoms with Gasteiger partial charge >= 0.3 is 83.7 Å². The Morgan fingerprint density at radius 3 is 1.82 bits per heavy atom. The van der Waals surface area contributed by atoms with Gasteiger partial charge in [0.25, 0.3) is 0 Å². The van der Waals surface area contributed by atoms with E-state index in [1.54, 1.807) is 0 Å². The van der Waals surface area contributed by atoms with Crippen molar-refractivity contribution in [1.82, 2.24) is 0 Å². The molecule has 0 nitrogen and oxygen atoms in total. The molecule has 0 spiro atoms. The Labute approximate surface area is 83.6 Å². The van der Waals surface area contributed by atoms with E-state index in [0.29, 0.717) is 5.41 Å². The van der Waals surface area contributed by atoms with Crippen LogP contribution in [-0.4, -0.2) is 24.4 Å². The van der Waals surface area contributed by atoms with Crippen LogP contribution in [0.5, 0.6) is 0 Å². The summed E-state index contributed by atoms with van der Waals surface area (Å²) in [7, 11) is 0. The van der Waals surface area contributed by atoms with Gasteiger partial charge in [-0.1, -0.05) is 0 Å². The van der Waals surface area contributed by atoms with Crippen molar-refractivity contribution in [2.24, 2.45) is 0 Å². The molecule has 0 heterocycles. The first-order valence-electron chi connectivity index (χ1n) is 3.86. The molecule has 0 fully saturated rings. The third-order valence-corrected chi connectivity index (χ3v) is 2.88. The van der Waals surface area contributed by atoms with E-state index >= 15 is 0 Å². The molecule has 2 radical (unpaired) electrons. The SMILES string of the molecule is CC(C)(C)c1cc[c]([In])cc1. The van der Waals surface area contributed by atoms with Gasteiger partial charge in [-0.2, -0.15) is 0 Å². The molecule has 0 N–H and O–H groups in total. The summed E-state index contributed by atoms with van der Waals surface area (Å²) in [6, 6.07) is 8.92. The zero-order valence-corrected chi connectivity index (χ0v) is 10.7. The maximum atomic E-state index is 2.24. The second kappa shape index (κ2) is 3.22. The molecule has 0 unspecified atom stereocenters. The summed E-state index contributed by atoms with van der Waals surface area (Å²) >= 11 is 1.22. The van der Waals surface area contributed by atoms with Gasteiger partial charge in [0.1, 0.15) is 0 Å². The fraction of sp³-hybridized carbons (Fsp3) is 0.400. The second-order valence-corrected chi connectivity index (χ2v) is 5.77. The molecule has 0 atom stereocenters. The fourth-order valence-corrected chi connectivity index (χ4v) is 1.53. The first kappa shape index (κ1) is 9.18. The van der Waals surface area contributed by atoms with Gasteiger partial charge in [0.2, 0.25) is 0 Å². The Bertz CT molecular complexity index is 228. The summed E-state index contributed by atoms with van der Waals surface area (Å²) in [5.74, 6) is 0. The van der Waals surface area contributed by atoms with Gasteiger partial charge in [0, 0.05) is 0 Å². The first-order chi connectivity index (χ1) is 5.00. The Hall–Kier alpha value is 0.0901. The molecule has 0 bridgehead atoms. The predicted molar refractivity (Wildman–Crippen MR) is 50.5 cm³/mol. The van der Waals surface area contributed by atoms with Gasteiger partial charge in [0.05, 0.1) is 0 Å². The van der Waals surface area contributed by atoms with E-state index in [0.717, 1.165) is 0 Å². The van der Waals surface area contributed by atoms with E-state index in [-0.39, 0.29) is 0 Å². The molecule has 1 heteroatoms. The molecule has 0 saturated carbocycles. The molecule has 0 saturated heterocycles. The molecule has 11 heavy (non-hydrogen) atoms. The van der Waals surface area contributed by atoms with Gasteiger partial charge < -0.3 is 0 Å². The van der Waals surface area contributed by atoms with E-state index in [1.165, 1.54) is 33.3 Å². The number of hydrogen-bond donors (Lipinski definition) is 0. The van der Waals surface area contributed by atoms with Gasteiger partial charge in [0.15, 0.2) is 0 Å². The Morgan fingerprint density at radius 2 is 1.45 bits per heavy atom. The average Bonchev–Trinajstić information content (AvgIpc) is 1.86. The predicted octanol–water partition coefficient (Wildman–Crippen LogP) is 1.78. The van der Waals surface area contributed by atoms with Crippen LogP contribution < -0.4 is 3.32 Å². The standard InChI is InChI=1S/C10H13.In/c1-10(2,3)9-7-5-4-6-8-9;/h5-8H,1-3H3;. The van der Waals surface area contributed by atoms with Crippen molar-refractivity contribution in [2.75, 3.05) is 0 Å². The van der Waals surface area contributed by atoms with Crippen molar-refractivity contribution in [3.05, 3.63) is 29.8 Å². The Morgan fingerprint density at radius 1 is 1.00 bits per heavy atom. The summed E-state index contributed by atoms with van der Waals surface area (Å²) in [5, 5.41) is 0. The van der Waals surface area contributed by atoms with E-state index in [2.05, 4.69) is 45.0 Å². The molecule has 0 amide bonds. The molecule has 0 aliphatic carbocycles. The molecular formula is C10H13In. The molecule has 0 aliphatic heterocycles. The van der Waals surface area contributed by atoms with E-state index in [1.807, 2.05) is 0 Å². The second-order valence-electron chi connectivity index (χ2n) is 3.87. The normalized spacial score (nSPS) is 11.5. The summed E-state index contributed by atoms with van der Waals surface area (Å²) in [5.41, 5.74) is 1.73. The van der Waals surface area contributed by atoms with E-state index in [4.69, 9.17) is 0 Å². The third-order valence-electron chi connectivity index (χ3n) is 1.78. The number of benzene rings is 1. The fourth-order valence-electron chi connectivity index (χ4n) is 0.983. The van der Waals surface area contributed by atoms with E-state index in [9.17, 15) is 0 Å². The van der Waals surface area contributed by atoms with Crippen LogP contribution >= 0.6 is 0 Å². The van der Waals surface area contributed by atoms with Gasteiger partial charge in [-0.25, -0.2) is 0 Å². The van der Waals surface area contributed by atoms with Gasteiger partial charge in [-0.15, -0.1) is 0 Å². The first-order valence-corrected chi connectivity index (χ1v) is 5.51. The molecule has 1 aromatic carbocycles. The summed E-state index contributed by atoms with van der Waals surface area (Å²) < 4.78 is 1.46. The van der Waals surface area contributed by atoms with Crippen molar-refractivity contribution in [1.29, 1.82) is 0 Å². The third kappa shape index (κ3) is 2.55.